The average Bonchev–Trinajstić information content (AvgIpc) is 3.64. The van der Waals surface area contributed by atoms with Gasteiger partial charge in [-0.15, -0.1) is 0 Å². The minimum atomic E-state index is -3.28. The highest BCUT2D eigenvalue weighted by atomic mass is 19.3. The van der Waals surface area contributed by atoms with E-state index in [2.05, 4.69) is 9.64 Å². The number of carboxylic acid groups (broad SMARTS) is 1. The van der Waals surface area contributed by atoms with Crippen molar-refractivity contribution in [2.75, 3.05) is 57.4 Å². The van der Waals surface area contributed by atoms with E-state index in [0.717, 1.165) is 12.3 Å². The summed E-state index contributed by atoms with van der Waals surface area (Å²) in [6, 6.07) is 0.733. The fourth-order valence-electron chi connectivity index (χ4n) is 4.28. The molecule has 1 saturated carbocycles. The lowest BCUT2D eigenvalue weighted by atomic mass is 10.1. The van der Waals surface area contributed by atoms with Gasteiger partial charge in [-0.2, -0.15) is 8.78 Å². The lowest BCUT2D eigenvalue weighted by Gasteiger charge is -2.37. The summed E-state index contributed by atoms with van der Waals surface area (Å²) in [5.74, 6) is -1.93. The number of alkyl halides is 2. The lowest BCUT2D eigenvalue weighted by Crippen LogP contribution is -2.47. The van der Waals surface area contributed by atoms with Gasteiger partial charge in [0.15, 0.2) is 17.3 Å². The van der Waals surface area contributed by atoms with Gasteiger partial charge in [-0.3, -0.25) is 9.69 Å². The number of hydrogen-bond donors (Lipinski definition) is 2. The van der Waals surface area contributed by atoms with Crippen molar-refractivity contribution in [2.24, 2.45) is 0 Å². The minimum Gasteiger partial charge on any atom is -0.449 e. The van der Waals surface area contributed by atoms with Crippen molar-refractivity contribution in [3.63, 3.8) is 0 Å². The molecule has 4 rings (SSSR count). The Hall–Kier alpha value is -3.03. The number of carbonyl (C=O) groups is 1. The molecule has 35 heavy (non-hydrogen) atoms. The molecule has 2 aromatic rings. The van der Waals surface area contributed by atoms with E-state index in [9.17, 15) is 18.4 Å². The zero-order valence-corrected chi connectivity index (χ0v) is 18.8. The Balaban J connectivity index is 1.73. The number of piperazine rings is 1. The first-order chi connectivity index (χ1) is 16.8. The van der Waals surface area contributed by atoms with Crippen molar-refractivity contribution >= 4 is 22.7 Å². The molecule has 0 radical (unpaired) electrons. The molecule has 1 saturated heterocycles. The van der Waals surface area contributed by atoms with Crippen LogP contribution in [0.15, 0.2) is 17.1 Å². The number of aromatic nitrogens is 1. The number of nitrogens with zero attached hydrogens (tertiary/aromatic N) is 3. The van der Waals surface area contributed by atoms with Gasteiger partial charge < -0.3 is 33.9 Å². The molecule has 1 aromatic carbocycles. The second-order valence-electron chi connectivity index (χ2n) is 8.30. The first-order valence-electron chi connectivity index (χ1n) is 11.2. The van der Waals surface area contributed by atoms with Crippen molar-refractivity contribution in [3.8, 4) is 11.5 Å². The third kappa shape index (κ3) is 5.63. The van der Waals surface area contributed by atoms with E-state index in [4.69, 9.17) is 19.7 Å². The standard InChI is InChI=1S/C22H26F3N3O7/c23-15-11-14-17(28(13-1-2-13)12-16(19(14)30)34-22(31)32)20(35-21(24)25)18(15)27-5-3-26(4-6-27)7-9-33-10-8-29/h11-13,21,29H,1-10H2,(H,31,32). The van der Waals surface area contributed by atoms with Gasteiger partial charge in [0.2, 0.25) is 5.43 Å². The maximum Gasteiger partial charge on any atom is 0.511 e. The molecule has 2 heterocycles. The van der Waals surface area contributed by atoms with E-state index in [-0.39, 0.29) is 35.8 Å². The molecular formula is C22H26F3N3O7. The van der Waals surface area contributed by atoms with Crippen LogP contribution in [-0.2, 0) is 4.74 Å². The van der Waals surface area contributed by atoms with Gasteiger partial charge in [-0.1, -0.05) is 0 Å². The van der Waals surface area contributed by atoms with Gasteiger partial charge in [0.1, 0.15) is 5.69 Å². The van der Waals surface area contributed by atoms with E-state index in [1.807, 2.05) is 0 Å². The topological polar surface area (TPSA) is 114 Å². The Morgan fingerprint density at radius 3 is 2.49 bits per heavy atom. The summed E-state index contributed by atoms with van der Waals surface area (Å²) in [6.45, 7) is -0.450. The van der Waals surface area contributed by atoms with E-state index < -0.39 is 35.5 Å². The third-order valence-electron chi connectivity index (χ3n) is 5.99. The number of rotatable bonds is 10. The van der Waals surface area contributed by atoms with Crippen molar-refractivity contribution in [1.29, 1.82) is 0 Å². The molecule has 2 aliphatic rings. The number of benzene rings is 1. The monoisotopic (exact) mass is 501 g/mol. The van der Waals surface area contributed by atoms with Gasteiger partial charge >= 0.3 is 12.8 Å². The Bertz CT molecular complexity index is 1130. The predicted molar refractivity (Wildman–Crippen MR) is 118 cm³/mol. The highest BCUT2D eigenvalue weighted by Gasteiger charge is 2.33. The van der Waals surface area contributed by atoms with Crippen LogP contribution in [0.25, 0.3) is 10.9 Å². The minimum absolute atomic E-state index is 0.0215. The van der Waals surface area contributed by atoms with Gasteiger partial charge in [0.25, 0.3) is 0 Å². The number of pyridine rings is 1. The largest absolute Gasteiger partial charge is 0.511 e. The molecule has 1 aliphatic heterocycles. The maximum absolute atomic E-state index is 15.4. The molecule has 0 spiro atoms. The molecule has 10 nitrogen and oxygen atoms in total. The van der Waals surface area contributed by atoms with E-state index in [1.54, 1.807) is 4.90 Å². The quantitative estimate of drug-likeness (QED) is 0.374. The summed E-state index contributed by atoms with van der Waals surface area (Å²) in [6.07, 6.45) is 0.774. The van der Waals surface area contributed by atoms with Crippen molar-refractivity contribution in [3.05, 3.63) is 28.3 Å². The van der Waals surface area contributed by atoms with Crippen molar-refractivity contribution in [2.45, 2.75) is 25.5 Å². The second kappa shape index (κ2) is 10.7. The molecular weight excluding hydrogens is 475 g/mol. The zero-order chi connectivity index (χ0) is 25.1. The van der Waals surface area contributed by atoms with Crippen LogP contribution in [0, 0.1) is 5.82 Å². The lowest BCUT2D eigenvalue weighted by molar-refractivity contribution is -0.0488. The summed E-state index contributed by atoms with van der Waals surface area (Å²) >= 11 is 0. The van der Waals surface area contributed by atoms with Crippen LogP contribution in [0.1, 0.15) is 18.9 Å². The smallest absolute Gasteiger partial charge is 0.449 e. The van der Waals surface area contributed by atoms with Gasteiger partial charge in [0.05, 0.1) is 36.9 Å². The fraction of sp³-hybridized carbons (Fsp3) is 0.545. The number of aliphatic hydroxyl groups is 1. The third-order valence-corrected chi connectivity index (χ3v) is 5.99. The number of halogens is 3. The number of fused-ring (bicyclic) bond motifs is 1. The molecule has 0 atom stereocenters. The molecule has 192 valence electrons. The van der Waals surface area contributed by atoms with Crippen LogP contribution in [-0.4, -0.2) is 85.0 Å². The molecule has 13 heteroatoms. The van der Waals surface area contributed by atoms with Crippen molar-refractivity contribution < 1.29 is 42.4 Å². The molecule has 0 bridgehead atoms. The van der Waals surface area contributed by atoms with E-state index >= 15 is 4.39 Å². The molecule has 1 aromatic heterocycles. The van der Waals surface area contributed by atoms with Gasteiger partial charge in [0, 0.05) is 38.8 Å². The summed E-state index contributed by atoms with van der Waals surface area (Å²) in [5.41, 5.74) is -1.13. The average molecular weight is 501 g/mol. The van der Waals surface area contributed by atoms with Crippen LogP contribution in [0.5, 0.6) is 11.5 Å². The van der Waals surface area contributed by atoms with Gasteiger partial charge in [-0.05, 0) is 18.9 Å². The Morgan fingerprint density at radius 2 is 1.89 bits per heavy atom. The number of ether oxygens (including phenoxy) is 3. The maximum atomic E-state index is 15.4. The number of aliphatic hydroxyl groups excluding tert-OH is 1. The summed E-state index contributed by atoms with van der Waals surface area (Å²) < 4.78 is 58.5. The fourth-order valence-corrected chi connectivity index (χ4v) is 4.28. The van der Waals surface area contributed by atoms with Crippen LogP contribution >= 0.6 is 0 Å². The Kier molecular flexibility index (Phi) is 7.67. The highest BCUT2D eigenvalue weighted by Crippen LogP contribution is 2.45. The molecule has 1 aliphatic carbocycles. The molecule has 2 fully saturated rings. The predicted octanol–water partition coefficient (Wildman–Crippen LogP) is 2.26. The second-order valence-corrected chi connectivity index (χ2v) is 8.30. The zero-order valence-electron chi connectivity index (χ0n) is 18.8. The summed E-state index contributed by atoms with van der Waals surface area (Å²) in [5, 5.41) is 17.4. The van der Waals surface area contributed by atoms with E-state index in [1.165, 1.54) is 4.57 Å². The Labute approximate surface area is 198 Å². The molecule has 0 amide bonds. The number of anilines is 1. The first-order valence-corrected chi connectivity index (χ1v) is 11.2. The van der Waals surface area contributed by atoms with Crippen LogP contribution in [0.4, 0.5) is 23.7 Å². The highest BCUT2D eigenvalue weighted by molar-refractivity contribution is 5.92. The normalized spacial score (nSPS) is 16.8. The van der Waals surface area contributed by atoms with E-state index in [0.29, 0.717) is 52.2 Å². The summed E-state index contributed by atoms with van der Waals surface area (Å²) in [7, 11) is 0. The van der Waals surface area contributed by atoms with Gasteiger partial charge in [-0.25, -0.2) is 9.18 Å². The molecule has 0 unspecified atom stereocenters. The van der Waals surface area contributed by atoms with Crippen LogP contribution in [0.3, 0.4) is 0 Å². The SMILES string of the molecule is O=C(O)Oc1cn(C2CC2)c2c(OC(F)F)c(N3CCN(CCOCCO)CC3)c(F)cc2c1=O. The first kappa shape index (κ1) is 25.1. The van der Waals surface area contributed by atoms with Crippen LogP contribution < -0.4 is 19.8 Å². The Morgan fingerprint density at radius 1 is 1.17 bits per heavy atom. The number of hydrogen-bond acceptors (Lipinski definition) is 8. The molecule has 2 N–H and O–H groups in total. The van der Waals surface area contributed by atoms with Crippen molar-refractivity contribution in [1.82, 2.24) is 9.47 Å². The van der Waals surface area contributed by atoms with Crippen LogP contribution in [0.2, 0.25) is 0 Å². The summed E-state index contributed by atoms with van der Waals surface area (Å²) in [4.78, 5) is 27.6.